The van der Waals surface area contributed by atoms with Gasteiger partial charge in [0.25, 0.3) is 5.91 Å². The Morgan fingerprint density at radius 1 is 1.21 bits per heavy atom. The summed E-state index contributed by atoms with van der Waals surface area (Å²) in [5.41, 5.74) is 0.835. The summed E-state index contributed by atoms with van der Waals surface area (Å²) in [6, 6.07) is 4.88. The molecule has 0 saturated carbocycles. The number of rotatable bonds is 9. The van der Waals surface area contributed by atoms with Crippen molar-refractivity contribution in [3.05, 3.63) is 29.3 Å². The van der Waals surface area contributed by atoms with Gasteiger partial charge < -0.3 is 10.1 Å². The van der Waals surface area contributed by atoms with Crippen LogP contribution in [-0.4, -0.2) is 75.0 Å². The minimum atomic E-state index is -3.62. The fourth-order valence-electron chi connectivity index (χ4n) is 3.66. The highest BCUT2D eigenvalue weighted by atomic mass is 32.2. The third-order valence-corrected chi connectivity index (χ3v) is 8.13. The van der Waals surface area contributed by atoms with Gasteiger partial charge in [0, 0.05) is 43.8 Å². The maximum absolute atomic E-state index is 12.9. The van der Waals surface area contributed by atoms with Crippen LogP contribution < -0.4 is 5.32 Å². The van der Waals surface area contributed by atoms with Crippen LogP contribution in [0.3, 0.4) is 0 Å². The highest BCUT2D eigenvalue weighted by Crippen LogP contribution is 2.23. The summed E-state index contributed by atoms with van der Waals surface area (Å²) in [6.45, 7) is 14.0. The van der Waals surface area contributed by atoms with Gasteiger partial charge in [0.2, 0.25) is 10.0 Å². The van der Waals surface area contributed by atoms with Gasteiger partial charge in [0.05, 0.1) is 18.1 Å². The molecule has 1 unspecified atom stereocenters. The Balaban J connectivity index is 2.19. The van der Waals surface area contributed by atoms with E-state index in [1.165, 1.54) is 10.4 Å². The van der Waals surface area contributed by atoms with Crippen LogP contribution in [0.5, 0.6) is 0 Å². The molecule has 1 atom stereocenters. The van der Waals surface area contributed by atoms with Gasteiger partial charge in [-0.15, -0.1) is 0 Å². The van der Waals surface area contributed by atoms with E-state index in [1.807, 2.05) is 13.8 Å². The van der Waals surface area contributed by atoms with Crippen molar-refractivity contribution in [3.8, 4) is 0 Å². The van der Waals surface area contributed by atoms with Gasteiger partial charge in [-0.25, -0.2) is 8.42 Å². The van der Waals surface area contributed by atoms with Gasteiger partial charge in [-0.3, -0.25) is 9.69 Å². The molecule has 164 valence electrons. The molecule has 1 N–H and O–H groups in total. The summed E-state index contributed by atoms with van der Waals surface area (Å²) in [4.78, 5) is 15.4. The molecule has 7 nitrogen and oxygen atoms in total. The van der Waals surface area contributed by atoms with Crippen molar-refractivity contribution < 1.29 is 17.9 Å². The highest BCUT2D eigenvalue weighted by Gasteiger charge is 2.32. The van der Waals surface area contributed by atoms with Gasteiger partial charge in [-0.05, 0) is 38.0 Å². The molecule has 0 spiro atoms. The Kier molecular flexibility index (Phi) is 8.22. The number of carbonyl (C=O) groups excluding carboxylic acids is 1. The zero-order valence-corrected chi connectivity index (χ0v) is 19.1. The molecule has 1 aliphatic heterocycles. The lowest BCUT2D eigenvalue weighted by Crippen LogP contribution is -2.56. The van der Waals surface area contributed by atoms with E-state index in [4.69, 9.17) is 4.74 Å². The Hall–Kier alpha value is -1.48. The maximum atomic E-state index is 12.9. The number of morpholine rings is 1. The number of nitrogens with zero attached hydrogens (tertiary/aromatic N) is 2. The Bertz CT molecular complexity index is 802. The van der Waals surface area contributed by atoms with Gasteiger partial charge >= 0.3 is 0 Å². The molecule has 1 aromatic rings. The Morgan fingerprint density at radius 2 is 1.83 bits per heavy atom. The van der Waals surface area contributed by atoms with Crippen molar-refractivity contribution in [1.29, 1.82) is 0 Å². The molecule has 1 aliphatic rings. The minimum Gasteiger partial charge on any atom is -0.379 e. The average molecular weight is 426 g/mol. The van der Waals surface area contributed by atoms with Crippen molar-refractivity contribution in [3.63, 3.8) is 0 Å². The number of sulfonamides is 1. The van der Waals surface area contributed by atoms with Crippen LogP contribution in [0.2, 0.25) is 0 Å². The summed E-state index contributed by atoms with van der Waals surface area (Å²) in [5, 5.41) is 3.01. The predicted octanol–water partition coefficient (Wildman–Crippen LogP) is 2.26. The number of amides is 1. The fraction of sp³-hybridized carbons (Fsp3) is 0.667. The number of aryl methyl sites for hydroxylation is 1. The van der Waals surface area contributed by atoms with Crippen LogP contribution >= 0.6 is 0 Å². The van der Waals surface area contributed by atoms with Gasteiger partial charge in [0.15, 0.2) is 0 Å². The number of benzene rings is 1. The van der Waals surface area contributed by atoms with Crippen molar-refractivity contribution in [1.82, 2.24) is 14.5 Å². The number of carbonyl (C=O) groups is 1. The van der Waals surface area contributed by atoms with Crippen LogP contribution in [0.1, 0.15) is 50.0 Å². The first-order valence-electron chi connectivity index (χ1n) is 10.4. The molecule has 2 rings (SSSR count). The summed E-state index contributed by atoms with van der Waals surface area (Å²) < 4.78 is 32.7. The molecular weight excluding hydrogens is 390 g/mol. The monoisotopic (exact) mass is 425 g/mol. The van der Waals surface area contributed by atoms with Crippen LogP contribution in [0.15, 0.2) is 23.1 Å². The number of hydrogen-bond acceptors (Lipinski definition) is 5. The summed E-state index contributed by atoms with van der Waals surface area (Å²) in [6.07, 6.45) is 0.892. The molecule has 29 heavy (non-hydrogen) atoms. The normalized spacial score (nSPS) is 17.9. The van der Waals surface area contributed by atoms with E-state index in [-0.39, 0.29) is 16.3 Å². The van der Waals surface area contributed by atoms with E-state index >= 15 is 0 Å². The lowest BCUT2D eigenvalue weighted by Gasteiger charge is -2.43. The number of hydrogen-bond donors (Lipinski definition) is 1. The highest BCUT2D eigenvalue weighted by molar-refractivity contribution is 7.89. The standard InChI is InChI=1S/C21H35N3O4S/c1-6-21(5,23-11-13-28-14-12-23)16-22-20(25)18-10-9-17(4)19(15-18)29(26,27)24(7-2)8-3/h9-10,15H,6-8,11-14,16H2,1-5H3,(H,22,25). The first kappa shape index (κ1) is 23.8. The fourth-order valence-corrected chi connectivity index (χ4v) is 5.37. The SMILES string of the molecule is CCN(CC)S(=O)(=O)c1cc(C(=O)NCC(C)(CC)N2CCOCC2)ccc1C. The lowest BCUT2D eigenvalue weighted by molar-refractivity contribution is -0.0169. The summed E-state index contributed by atoms with van der Waals surface area (Å²) in [7, 11) is -3.62. The quantitative estimate of drug-likeness (QED) is 0.657. The predicted molar refractivity (Wildman–Crippen MR) is 115 cm³/mol. The van der Waals surface area contributed by atoms with E-state index < -0.39 is 10.0 Å². The molecule has 1 amide bonds. The third-order valence-electron chi connectivity index (χ3n) is 5.94. The molecule has 0 bridgehead atoms. The molecule has 0 radical (unpaired) electrons. The first-order valence-corrected chi connectivity index (χ1v) is 11.9. The average Bonchev–Trinajstić information content (AvgIpc) is 2.73. The van der Waals surface area contributed by atoms with Crippen molar-refractivity contribution in [2.24, 2.45) is 0 Å². The molecule has 0 aromatic heterocycles. The summed E-state index contributed by atoms with van der Waals surface area (Å²) in [5.74, 6) is -0.256. The van der Waals surface area contributed by atoms with Crippen LogP contribution in [-0.2, 0) is 14.8 Å². The zero-order chi connectivity index (χ0) is 21.7. The van der Waals surface area contributed by atoms with E-state index in [0.29, 0.717) is 44.0 Å². The van der Waals surface area contributed by atoms with Gasteiger partial charge in [-0.2, -0.15) is 4.31 Å². The number of ether oxygens (including phenoxy) is 1. The first-order chi connectivity index (χ1) is 13.7. The van der Waals surface area contributed by atoms with Crippen LogP contribution in [0.25, 0.3) is 0 Å². The molecule has 8 heteroatoms. The van der Waals surface area contributed by atoms with Crippen LogP contribution in [0, 0.1) is 6.92 Å². The molecule has 1 aromatic carbocycles. The van der Waals surface area contributed by atoms with Crippen LogP contribution in [0.4, 0.5) is 0 Å². The second-order valence-corrected chi connectivity index (χ2v) is 9.61. The van der Waals surface area contributed by atoms with Gasteiger partial charge in [0.1, 0.15) is 0 Å². The molecule has 1 saturated heterocycles. The second-order valence-electron chi connectivity index (χ2n) is 7.70. The van der Waals surface area contributed by atoms with E-state index in [9.17, 15) is 13.2 Å². The van der Waals surface area contributed by atoms with Crippen molar-refractivity contribution in [2.45, 2.75) is 51.5 Å². The smallest absolute Gasteiger partial charge is 0.251 e. The minimum absolute atomic E-state index is 0.166. The molecule has 1 heterocycles. The lowest BCUT2D eigenvalue weighted by atomic mass is 9.95. The molecule has 1 fully saturated rings. The second kappa shape index (κ2) is 10.0. The Labute approximate surface area is 175 Å². The van der Waals surface area contributed by atoms with Crippen molar-refractivity contribution in [2.75, 3.05) is 45.9 Å². The van der Waals surface area contributed by atoms with E-state index in [1.54, 1.807) is 19.1 Å². The topological polar surface area (TPSA) is 79.0 Å². The van der Waals surface area contributed by atoms with Gasteiger partial charge in [-0.1, -0.05) is 26.8 Å². The summed E-state index contributed by atoms with van der Waals surface area (Å²) >= 11 is 0. The zero-order valence-electron chi connectivity index (χ0n) is 18.3. The molecular formula is C21H35N3O4S. The number of nitrogens with one attached hydrogen (secondary N) is 1. The van der Waals surface area contributed by atoms with E-state index in [2.05, 4.69) is 24.1 Å². The van der Waals surface area contributed by atoms with E-state index in [0.717, 1.165) is 19.5 Å². The maximum Gasteiger partial charge on any atom is 0.251 e. The van der Waals surface area contributed by atoms with Crippen molar-refractivity contribution >= 4 is 15.9 Å². The third kappa shape index (κ3) is 5.36. The Morgan fingerprint density at radius 3 is 2.38 bits per heavy atom. The largest absolute Gasteiger partial charge is 0.379 e. The molecule has 0 aliphatic carbocycles.